The number of hydrogen-bond acceptors (Lipinski definition) is 2. The average molecular weight is 228 g/mol. The smallest absolute Gasteiger partial charge is 0.262 e. The number of hydrogen-bond donors (Lipinski definition) is 0. The van der Waals surface area contributed by atoms with Gasteiger partial charge in [0.05, 0.1) is 0 Å². The van der Waals surface area contributed by atoms with Crippen molar-refractivity contribution in [2.75, 3.05) is 0 Å². The van der Waals surface area contributed by atoms with Gasteiger partial charge in [-0.1, -0.05) is 17.7 Å². The van der Waals surface area contributed by atoms with Gasteiger partial charge in [0.25, 0.3) is 0 Å². The van der Waals surface area contributed by atoms with Crippen molar-refractivity contribution in [2.24, 2.45) is 0 Å². The molecule has 0 amide bonds. The monoisotopic (exact) mass is 227 g/mol. The number of nitrogens with zero attached hydrogens (tertiary/aromatic N) is 1. The van der Waals surface area contributed by atoms with Crippen molar-refractivity contribution in [3.05, 3.63) is 33.4 Å². The summed E-state index contributed by atoms with van der Waals surface area (Å²) in [6.45, 7) is 0. The molecule has 66 valence electrons. The van der Waals surface area contributed by atoms with E-state index < -0.39 is 15.3 Å². The van der Waals surface area contributed by atoms with E-state index in [1.807, 2.05) is 0 Å². The van der Waals surface area contributed by atoms with Crippen molar-refractivity contribution in [1.29, 1.82) is 0 Å². The highest BCUT2D eigenvalue weighted by molar-refractivity contribution is 6.36. The summed E-state index contributed by atoms with van der Waals surface area (Å²) in [7, 11) is 0. The molecule has 1 aliphatic carbocycles. The zero-order valence-electron chi connectivity index (χ0n) is 5.71. The Labute approximate surface area is 83.7 Å². The Balaban J connectivity index is 3.05. The van der Waals surface area contributed by atoms with Gasteiger partial charge in [-0.15, -0.1) is 11.6 Å². The Morgan fingerprint density at radius 3 is 2.67 bits per heavy atom. The predicted molar refractivity (Wildman–Crippen MR) is 48.3 cm³/mol. The molecule has 0 heterocycles. The third-order valence-electron chi connectivity index (χ3n) is 1.43. The average Bonchev–Trinajstić information content (AvgIpc) is 1.97. The van der Waals surface area contributed by atoms with E-state index in [0.717, 1.165) is 6.08 Å². The van der Waals surface area contributed by atoms with Gasteiger partial charge >= 0.3 is 5.00 Å². The van der Waals surface area contributed by atoms with Crippen LogP contribution in [0.4, 0.5) is 0 Å². The largest absolute Gasteiger partial charge is 0.334 e. The first-order chi connectivity index (χ1) is 5.47. The lowest BCUT2D eigenvalue weighted by molar-refractivity contribution is -0.526. The van der Waals surface area contributed by atoms with Gasteiger partial charge in [0.1, 0.15) is 5.38 Å². The van der Waals surface area contributed by atoms with Crippen molar-refractivity contribution in [3.8, 4) is 0 Å². The molecular formula is C6H4Cl3NO2. The van der Waals surface area contributed by atoms with Crippen LogP contribution < -0.4 is 0 Å². The number of rotatable bonds is 1. The zero-order valence-corrected chi connectivity index (χ0v) is 7.97. The van der Waals surface area contributed by atoms with Crippen LogP contribution in [-0.4, -0.2) is 15.3 Å². The van der Waals surface area contributed by atoms with Gasteiger partial charge in [0.15, 0.2) is 0 Å². The van der Waals surface area contributed by atoms with E-state index in [0.29, 0.717) is 0 Å². The number of alkyl halides is 2. The molecule has 0 N–H and O–H groups in total. The molecule has 0 fully saturated rings. The van der Waals surface area contributed by atoms with Crippen molar-refractivity contribution in [3.63, 3.8) is 0 Å². The number of allylic oxidation sites excluding steroid dienone is 2. The van der Waals surface area contributed by atoms with Crippen molar-refractivity contribution in [2.45, 2.75) is 10.4 Å². The molecule has 1 rings (SSSR count). The normalized spacial score (nSPS) is 34.6. The van der Waals surface area contributed by atoms with Crippen LogP contribution in [-0.2, 0) is 0 Å². The van der Waals surface area contributed by atoms with E-state index >= 15 is 0 Å². The lowest BCUT2D eigenvalue weighted by Gasteiger charge is -2.20. The van der Waals surface area contributed by atoms with E-state index in [4.69, 9.17) is 34.8 Å². The molecule has 0 aromatic carbocycles. The van der Waals surface area contributed by atoms with E-state index in [1.54, 1.807) is 0 Å². The van der Waals surface area contributed by atoms with Crippen LogP contribution in [0.25, 0.3) is 0 Å². The first-order valence-electron chi connectivity index (χ1n) is 3.01. The lowest BCUT2D eigenvalue weighted by Crippen LogP contribution is -2.39. The standard InChI is InChI=1S/C6H4Cl3NO2/c7-4-1-2-5(8)6(9,3-4)10(11)12/h1-3,5H. The molecule has 1 aliphatic rings. The topological polar surface area (TPSA) is 43.1 Å². The van der Waals surface area contributed by atoms with Crippen molar-refractivity contribution in [1.82, 2.24) is 0 Å². The molecule has 0 aliphatic heterocycles. The minimum absolute atomic E-state index is 0.221. The molecule has 3 nitrogen and oxygen atoms in total. The number of nitro groups is 1. The molecule has 0 aromatic heterocycles. The SMILES string of the molecule is O=[N+]([O-])C1(Cl)C=C(Cl)C=CC1Cl. The first-order valence-corrected chi connectivity index (χ1v) is 4.20. The van der Waals surface area contributed by atoms with Gasteiger partial charge < -0.3 is 0 Å². The van der Waals surface area contributed by atoms with Gasteiger partial charge in [-0.05, 0) is 17.7 Å². The zero-order chi connectivity index (χ0) is 9.35. The minimum Gasteiger partial charge on any atom is -0.262 e. The molecule has 0 spiro atoms. The minimum atomic E-state index is -1.81. The van der Waals surface area contributed by atoms with E-state index in [2.05, 4.69) is 0 Å². The molecule has 2 unspecified atom stereocenters. The molecule has 0 aromatic rings. The second-order valence-electron chi connectivity index (χ2n) is 2.27. The Kier molecular flexibility index (Phi) is 2.66. The summed E-state index contributed by atoms with van der Waals surface area (Å²) in [4.78, 5) is 8.00. The molecule has 0 saturated carbocycles. The highest BCUT2D eigenvalue weighted by Gasteiger charge is 2.46. The predicted octanol–water partition coefficient (Wildman–Crippen LogP) is 2.50. The Bertz CT molecular complexity index is 276. The third-order valence-corrected chi connectivity index (χ3v) is 2.74. The van der Waals surface area contributed by atoms with Gasteiger partial charge in [-0.2, -0.15) is 0 Å². The van der Waals surface area contributed by atoms with Crippen LogP contribution in [0.15, 0.2) is 23.3 Å². The van der Waals surface area contributed by atoms with Gasteiger partial charge in [-0.3, -0.25) is 10.1 Å². The van der Waals surface area contributed by atoms with Gasteiger partial charge in [-0.25, -0.2) is 0 Å². The highest BCUT2D eigenvalue weighted by atomic mass is 35.5. The highest BCUT2D eigenvalue weighted by Crippen LogP contribution is 2.33. The Hall–Kier alpha value is -0.250. The van der Waals surface area contributed by atoms with Crippen LogP contribution in [0.5, 0.6) is 0 Å². The van der Waals surface area contributed by atoms with Crippen LogP contribution in [0.1, 0.15) is 0 Å². The summed E-state index contributed by atoms with van der Waals surface area (Å²) in [6, 6.07) is 0. The quantitative estimate of drug-likeness (QED) is 0.299. The second-order valence-corrected chi connectivity index (χ2v) is 3.79. The maximum atomic E-state index is 10.5. The molecule has 12 heavy (non-hydrogen) atoms. The van der Waals surface area contributed by atoms with Crippen molar-refractivity contribution >= 4 is 34.8 Å². The summed E-state index contributed by atoms with van der Waals surface area (Å²) >= 11 is 16.8. The van der Waals surface area contributed by atoms with Gasteiger partial charge in [0, 0.05) is 16.0 Å². The molecule has 2 atom stereocenters. The molecule has 0 bridgehead atoms. The fourth-order valence-electron chi connectivity index (χ4n) is 0.786. The fourth-order valence-corrected chi connectivity index (χ4v) is 1.49. The van der Waals surface area contributed by atoms with E-state index in [-0.39, 0.29) is 5.03 Å². The Morgan fingerprint density at radius 2 is 2.25 bits per heavy atom. The van der Waals surface area contributed by atoms with Gasteiger partial charge in [0.2, 0.25) is 0 Å². The van der Waals surface area contributed by atoms with E-state index in [1.165, 1.54) is 12.2 Å². The first kappa shape index (κ1) is 9.84. The van der Waals surface area contributed by atoms with Crippen LogP contribution >= 0.6 is 34.8 Å². The molecule has 6 heteroatoms. The van der Waals surface area contributed by atoms with Crippen LogP contribution in [0, 0.1) is 10.1 Å². The molecule has 0 radical (unpaired) electrons. The van der Waals surface area contributed by atoms with Crippen LogP contribution in [0.3, 0.4) is 0 Å². The maximum Gasteiger partial charge on any atom is 0.334 e. The summed E-state index contributed by atoms with van der Waals surface area (Å²) in [5.74, 6) is 0. The number of halogens is 3. The van der Waals surface area contributed by atoms with Crippen LogP contribution in [0.2, 0.25) is 0 Å². The second kappa shape index (κ2) is 3.24. The summed E-state index contributed by atoms with van der Waals surface area (Å²) in [5.41, 5.74) is 0. The molecule has 0 saturated heterocycles. The summed E-state index contributed by atoms with van der Waals surface area (Å²) in [5, 5.41) is 9.83. The third kappa shape index (κ3) is 1.58. The molecular weight excluding hydrogens is 224 g/mol. The van der Waals surface area contributed by atoms with E-state index in [9.17, 15) is 10.1 Å². The summed E-state index contributed by atoms with van der Waals surface area (Å²) < 4.78 is 0. The lowest BCUT2D eigenvalue weighted by atomic mass is 10.1. The summed E-state index contributed by atoms with van der Waals surface area (Å²) in [6.07, 6.45) is 3.98. The fraction of sp³-hybridized carbons (Fsp3) is 0.333. The Morgan fingerprint density at radius 1 is 1.67 bits per heavy atom. The van der Waals surface area contributed by atoms with Crippen molar-refractivity contribution < 1.29 is 4.92 Å². The maximum absolute atomic E-state index is 10.5.